The highest BCUT2D eigenvalue weighted by atomic mass is 32.2. The van der Waals surface area contributed by atoms with E-state index in [4.69, 9.17) is 5.26 Å². The Kier molecular flexibility index (Phi) is 4.50. The number of carbonyl (C=O) groups is 1. The van der Waals surface area contributed by atoms with Gasteiger partial charge in [0.1, 0.15) is 11.6 Å². The molecule has 0 spiro atoms. The van der Waals surface area contributed by atoms with Gasteiger partial charge in [-0.25, -0.2) is 0 Å². The Hall–Kier alpha value is -1.15. The molecule has 1 aliphatic rings. The van der Waals surface area contributed by atoms with Crippen LogP contribution >= 0.6 is 11.8 Å². The molecule has 0 aromatic carbocycles. The van der Waals surface area contributed by atoms with Gasteiger partial charge in [0.2, 0.25) is 0 Å². The minimum Gasteiger partial charge on any atom is -0.365 e. The predicted octanol–water partition coefficient (Wildman–Crippen LogP) is 0.926. The zero-order valence-corrected chi connectivity index (χ0v) is 9.86. The number of rotatable bonds is 3. The molecular formula is C10H15N3OS. The van der Waals surface area contributed by atoms with Crippen LogP contribution in [0.25, 0.3) is 0 Å². The van der Waals surface area contributed by atoms with Crippen molar-refractivity contribution >= 4 is 17.7 Å². The lowest BCUT2D eigenvalue weighted by molar-refractivity contribution is -0.117. The summed E-state index contributed by atoms with van der Waals surface area (Å²) >= 11 is 1.58. The van der Waals surface area contributed by atoms with Gasteiger partial charge in [0.15, 0.2) is 0 Å². The molecule has 0 bridgehead atoms. The first-order valence-corrected chi connectivity index (χ1v) is 6.03. The number of carbonyl (C=O) groups excluding carboxylic acids is 1. The van der Waals surface area contributed by atoms with Crippen LogP contribution in [0.15, 0.2) is 10.6 Å². The van der Waals surface area contributed by atoms with Gasteiger partial charge in [0, 0.05) is 25.4 Å². The molecule has 0 atom stereocenters. The summed E-state index contributed by atoms with van der Waals surface area (Å²) in [6.07, 6.45) is 0. The Bertz CT molecular complexity index is 319. The SMILES string of the molecule is CCNC(=O)/C(C#N)=C1\SCCN1CC. The molecule has 4 nitrogen and oxygen atoms in total. The normalized spacial score (nSPS) is 18.6. The van der Waals surface area contributed by atoms with Gasteiger partial charge in [-0.05, 0) is 13.8 Å². The maximum Gasteiger partial charge on any atom is 0.264 e. The Morgan fingerprint density at radius 1 is 1.67 bits per heavy atom. The minimum absolute atomic E-state index is 0.251. The number of hydrogen-bond acceptors (Lipinski definition) is 4. The van der Waals surface area contributed by atoms with E-state index in [1.54, 1.807) is 11.8 Å². The fraction of sp³-hybridized carbons (Fsp3) is 0.600. The summed E-state index contributed by atoms with van der Waals surface area (Å²) in [6.45, 7) is 6.18. The second-order valence-corrected chi connectivity index (χ2v) is 4.16. The maximum atomic E-state index is 11.6. The predicted molar refractivity (Wildman–Crippen MR) is 61.0 cm³/mol. The molecule has 1 rings (SSSR count). The third kappa shape index (κ3) is 2.66. The van der Waals surface area contributed by atoms with E-state index in [1.807, 2.05) is 19.9 Å². The number of nitrogens with zero attached hydrogens (tertiary/aromatic N) is 2. The minimum atomic E-state index is -0.261. The summed E-state index contributed by atoms with van der Waals surface area (Å²) in [5, 5.41) is 12.5. The van der Waals surface area contributed by atoms with Crippen LogP contribution in [-0.2, 0) is 4.79 Å². The Morgan fingerprint density at radius 3 is 2.93 bits per heavy atom. The van der Waals surface area contributed by atoms with Crippen molar-refractivity contribution in [3.05, 3.63) is 10.6 Å². The fourth-order valence-corrected chi connectivity index (χ4v) is 2.61. The van der Waals surface area contributed by atoms with E-state index in [0.717, 1.165) is 23.9 Å². The summed E-state index contributed by atoms with van der Waals surface area (Å²) in [6, 6.07) is 2.00. The van der Waals surface area contributed by atoms with Gasteiger partial charge in [-0.3, -0.25) is 4.79 Å². The lowest BCUT2D eigenvalue weighted by Gasteiger charge is -2.17. The summed E-state index contributed by atoms with van der Waals surface area (Å²) in [5.74, 6) is 0.691. The van der Waals surface area contributed by atoms with E-state index in [2.05, 4.69) is 10.2 Å². The molecule has 1 heterocycles. The molecule has 1 saturated heterocycles. The number of thioether (sulfide) groups is 1. The standard InChI is InChI=1S/C10H15N3OS/c1-3-12-9(14)8(7-11)10-13(4-2)5-6-15-10/h3-6H2,1-2H3,(H,12,14)/b10-8-. The van der Waals surface area contributed by atoms with Crippen LogP contribution in [0.4, 0.5) is 0 Å². The monoisotopic (exact) mass is 225 g/mol. The van der Waals surface area contributed by atoms with Crippen molar-refractivity contribution in [1.29, 1.82) is 5.26 Å². The molecule has 1 amide bonds. The molecule has 15 heavy (non-hydrogen) atoms. The van der Waals surface area contributed by atoms with Crippen LogP contribution in [0.3, 0.4) is 0 Å². The molecule has 0 aromatic heterocycles. The van der Waals surface area contributed by atoms with E-state index < -0.39 is 0 Å². The van der Waals surface area contributed by atoms with E-state index in [9.17, 15) is 4.79 Å². The van der Waals surface area contributed by atoms with Crippen LogP contribution < -0.4 is 5.32 Å². The van der Waals surface area contributed by atoms with Crippen molar-refractivity contribution in [2.24, 2.45) is 0 Å². The molecule has 1 fully saturated rings. The zero-order valence-electron chi connectivity index (χ0n) is 9.04. The van der Waals surface area contributed by atoms with E-state index in [1.165, 1.54) is 0 Å². The highest BCUT2D eigenvalue weighted by molar-refractivity contribution is 8.03. The molecule has 0 aromatic rings. The Morgan fingerprint density at radius 2 is 2.40 bits per heavy atom. The van der Waals surface area contributed by atoms with Crippen LogP contribution in [0, 0.1) is 11.3 Å². The van der Waals surface area contributed by atoms with Gasteiger partial charge >= 0.3 is 0 Å². The third-order valence-corrected chi connectivity index (χ3v) is 3.28. The van der Waals surface area contributed by atoms with E-state index >= 15 is 0 Å². The Balaban J connectivity index is 2.92. The topological polar surface area (TPSA) is 56.1 Å². The molecule has 1 N–H and O–H groups in total. The number of nitrogens with one attached hydrogen (secondary N) is 1. The summed E-state index contributed by atoms with van der Waals surface area (Å²) < 4.78 is 0. The molecule has 1 aliphatic heterocycles. The molecule has 0 aliphatic carbocycles. The highest BCUT2D eigenvalue weighted by Gasteiger charge is 2.23. The zero-order chi connectivity index (χ0) is 11.3. The van der Waals surface area contributed by atoms with Gasteiger partial charge in [-0.1, -0.05) is 0 Å². The van der Waals surface area contributed by atoms with Crippen LogP contribution in [0.5, 0.6) is 0 Å². The van der Waals surface area contributed by atoms with Crippen molar-refractivity contribution in [1.82, 2.24) is 10.2 Å². The lowest BCUT2D eigenvalue weighted by Crippen LogP contribution is -2.27. The van der Waals surface area contributed by atoms with Crippen molar-refractivity contribution in [2.45, 2.75) is 13.8 Å². The van der Waals surface area contributed by atoms with Crippen LogP contribution in [0.1, 0.15) is 13.8 Å². The van der Waals surface area contributed by atoms with E-state index in [0.29, 0.717) is 6.54 Å². The molecule has 82 valence electrons. The van der Waals surface area contributed by atoms with Crippen LogP contribution in [0.2, 0.25) is 0 Å². The highest BCUT2D eigenvalue weighted by Crippen LogP contribution is 2.30. The van der Waals surface area contributed by atoms with Crippen molar-refractivity contribution in [3.8, 4) is 6.07 Å². The first kappa shape index (κ1) is 11.9. The van der Waals surface area contributed by atoms with Crippen molar-refractivity contribution in [3.63, 3.8) is 0 Å². The lowest BCUT2D eigenvalue weighted by atomic mass is 10.3. The van der Waals surface area contributed by atoms with Gasteiger partial charge in [0.25, 0.3) is 5.91 Å². The number of hydrogen-bond donors (Lipinski definition) is 1. The van der Waals surface area contributed by atoms with Gasteiger partial charge in [0.05, 0.1) is 5.03 Å². The first-order valence-electron chi connectivity index (χ1n) is 5.04. The van der Waals surface area contributed by atoms with Crippen LogP contribution in [-0.4, -0.2) is 36.2 Å². The second-order valence-electron chi connectivity index (χ2n) is 3.08. The fourth-order valence-electron chi connectivity index (χ4n) is 1.42. The van der Waals surface area contributed by atoms with Crippen molar-refractivity contribution < 1.29 is 4.79 Å². The van der Waals surface area contributed by atoms with Gasteiger partial charge in [-0.2, -0.15) is 5.26 Å². The second kappa shape index (κ2) is 5.66. The van der Waals surface area contributed by atoms with Gasteiger partial charge in [-0.15, -0.1) is 11.8 Å². The van der Waals surface area contributed by atoms with E-state index in [-0.39, 0.29) is 11.5 Å². The number of nitriles is 1. The molecule has 0 radical (unpaired) electrons. The average Bonchev–Trinajstić information content (AvgIpc) is 2.67. The van der Waals surface area contributed by atoms with Gasteiger partial charge < -0.3 is 10.2 Å². The quantitative estimate of drug-likeness (QED) is 0.573. The summed E-state index contributed by atoms with van der Waals surface area (Å²) in [7, 11) is 0. The molecule has 0 unspecified atom stereocenters. The first-order chi connectivity index (χ1) is 7.24. The smallest absolute Gasteiger partial charge is 0.264 e. The number of likely N-dealkylation sites (N-methyl/N-ethyl adjacent to an activating group) is 1. The molecular weight excluding hydrogens is 210 g/mol. The molecule has 0 saturated carbocycles. The largest absolute Gasteiger partial charge is 0.365 e. The third-order valence-electron chi connectivity index (χ3n) is 2.16. The summed E-state index contributed by atoms with van der Waals surface area (Å²) in [4.78, 5) is 13.7. The van der Waals surface area contributed by atoms with Crippen molar-refractivity contribution in [2.75, 3.05) is 25.4 Å². The molecule has 5 heteroatoms. The number of amides is 1. The maximum absolute atomic E-state index is 11.6. The summed E-state index contributed by atoms with van der Waals surface area (Å²) in [5.41, 5.74) is 0.251. The Labute approximate surface area is 94.3 Å². The average molecular weight is 225 g/mol.